The zero-order valence-electron chi connectivity index (χ0n) is 24.3. The summed E-state index contributed by atoms with van der Waals surface area (Å²) in [5, 5.41) is 12.0. The van der Waals surface area contributed by atoms with Crippen molar-refractivity contribution in [3.05, 3.63) is 0 Å². The van der Waals surface area contributed by atoms with E-state index < -0.39 is 12.0 Å². The summed E-state index contributed by atoms with van der Waals surface area (Å²) in [6.07, 6.45) is 25.9. The first-order valence-corrected chi connectivity index (χ1v) is 15.7. The van der Waals surface area contributed by atoms with Crippen LogP contribution in [-0.2, 0) is 19.1 Å². The lowest BCUT2D eigenvalue weighted by Gasteiger charge is -2.14. The number of hydrogen-bond acceptors (Lipinski definition) is 4. The molecule has 0 aliphatic heterocycles. The fourth-order valence-electron chi connectivity index (χ4n) is 4.58. The van der Waals surface area contributed by atoms with Crippen LogP contribution in [0.25, 0.3) is 0 Å². The molecule has 0 aliphatic carbocycles. The van der Waals surface area contributed by atoms with Gasteiger partial charge in [0.1, 0.15) is 6.04 Å². The fraction of sp³-hybridized carbons (Fsp3) is 0.903. The lowest BCUT2D eigenvalue weighted by atomic mass is 10.0. The van der Waals surface area contributed by atoms with Crippen molar-refractivity contribution in [2.75, 3.05) is 6.61 Å². The van der Waals surface area contributed by atoms with Crippen molar-refractivity contribution < 1.29 is 24.2 Å². The van der Waals surface area contributed by atoms with Crippen LogP contribution in [0.15, 0.2) is 0 Å². The lowest BCUT2D eigenvalue weighted by molar-refractivity contribution is -0.145. The predicted octanol–water partition coefficient (Wildman–Crippen LogP) is 8.50. The van der Waals surface area contributed by atoms with E-state index in [2.05, 4.69) is 19.2 Å². The van der Waals surface area contributed by atoms with Crippen LogP contribution in [0.4, 0.5) is 0 Å². The molecule has 0 fully saturated rings. The van der Waals surface area contributed by atoms with Crippen LogP contribution in [0.2, 0.25) is 0 Å². The van der Waals surface area contributed by atoms with Crippen molar-refractivity contribution >= 4 is 17.8 Å². The Morgan fingerprint density at radius 1 is 0.595 bits per heavy atom. The standard InChI is InChI=1S/C31H59NO5/c1-3-5-7-9-11-13-15-16-18-20-22-24-29(33)32-28(31(35)36)25-26-30(34)37-27-23-21-19-17-14-12-10-8-6-4-2/h28H,3-27H2,1-2H3,(H,32,33)(H,35,36)/t28-/m0/s1. The topological polar surface area (TPSA) is 92.7 Å². The van der Waals surface area contributed by atoms with Crippen molar-refractivity contribution in [2.24, 2.45) is 0 Å². The molecule has 0 heterocycles. The van der Waals surface area contributed by atoms with Gasteiger partial charge in [0.05, 0.1) is 6.61 Å². The van der Waals surface area contributed by atoms with Gasteiger partial charge < -0.3 is 15.2 Å². The van der Waals surface area contributed by atoms with E-state index in [1.807, 2.05) is 0 Å². The Hall–Kier alpha value is -1.59. The molecule has 0 rings (SSSR count). The number of carbonyl (C=O) groups is 3. The molecule has 0 bridgehead atoms. The number of hydrogen-bond donors (Lipinski definition) is 2. The number of carboxylic acids is 1. The first-order chi connectivity index (χ1) is 18.0. The molecule has 0 unspecified atom stereocenters. The first kappa shape index (κ1) is 35.4. The van der Waals surface area contributed by atoms with Crippen LogP contribution in [0.1, 0.15) is 168 Å². The van der Waals surface area contributed by atoms with Crippen LogP contribution in [0.3, 0.4) is 0 Å². The van der Waals surface area contributed by atoms with Crippen LogP contribution in [0, 0.1) is 0 Å². The average Bonchev–Trinajstić information content (AvgIpc) is 2.88. The molecule has 0 saturated carbocycles. The van der Waals surface area contributed by atoms with E-state index in [-0.39, 0.29) is 24.7 Å². The third kappa shape index (κ3) is 25.8. The molecule has 1 atom stereocenters. The molecule has 0 spiro atoms. The van der Waals surface area contributed by atoms with Gasteiger partial charge in [-0.15, -0.1) is 0 Å². The quantitative estimate of drug-likeness (QED) is 0.0789. The van der Waals surface area contributed by atoms with Crippen LogP contribution in [0.5, 0.6) is 0 Å². The summed E-state index contributed by atoms with van der Waals surface area (Å²) in [6, 6.07) is -1.04. The maximum absolute atomic E-state index is 12.2. The Kier molecular flexibility index (Phi) is 26.3. The van der Waals surface area contributed by atoms with Gasteiger partial charge in [-0.2, -0.15) is 0 Å². The van der Waals surface area contributed by atoms with Gasteiger partial charge in [-0.1, -0.05) is 136 Å². The molecular weight excluding hydrogens is 466 g/mol. The number of carbonyl (C=O) groups excluding carboxylic acids is 2. The normalized spacial score (nSPS) is 11.8. The molecule has 0 aromatic heterocycles. The Morgan fingerprint density at radius 2 is 1.00 bits per heavy atom. The Morgan fingerprint density at radius 3 is 1.43 bits per heavy atom. The number of nitrogens with one attached hydrogen (secondary N) is 1. The lowest BCUT2D eigenvalue weighted by Crippen LogP contribution is -2.41. The molecule has 1 amide bonds. The monoisotopic (exact) mass is 525 g/mol. The maximum Gasteiger partial charge on any atom is 0.326 e. The summed E-state index contributed by atoms with van der Waals surface area (Å²) in [6.45, 7) is 4.85. The number of esters is 1. The van der Waals surface area contributed by atoms with Gasteiger partial charge >= 0.3 is 11.9 Å². The fourth-order valence-corrected chi connectivity index (χ4v) is 4.58. The highest BCUT2D eigenvalue weighted by atomic mass is 16.5. The van der Waals surface area contributed by atoms with Gasteiger partial charge in [-0.3, -0.25) is 9.59 Å². The van der Waals surface area contributed by atoms with E-state index in [1.165, 1.54) is 96.3 Å². The number of aliphatic carboxylic acids is 1. The van der Waals surface area contributed by atoms with Crippen molar-refractivity contribution in [2.45, 2.75) is 174 Å². The Balaban J connectivity index is 3.71. The van der Waals surface area contributed by atoms with Crippen LogP contribution < -0.4 is 5.32 Å². The molecule has 6 heteroatoms. The summed E-state index contributed by atoms with van der Waals surface area (Å²) in [4.78, 5) is 35.6. The maximum atomic E-state index is 12.2. The molecule has 37 heavy (non-hydrogen) atoms. The molecule has 0 radical (unpaired) electrons. The molecule has 6 nitrogen and oxygen atoms in total. The molecule has 0 aliphatic rings. The molecule has 0 aromatic carbocycles. The van der Waals surface area contributed by atoms with Gasteiger partial charge in [0.15, 0.2) is 0 Å². The first-order valence-electron chi connectivity index (χ1n) is 15.7. The summed E-state index contributed by atoms with van der Waals surface area (Å²) in [5.41, 5.74) is 0. The molecule has 0 saturated heterocycles. The van der Waals surface area contributed by atoms with Crippen LogP contribution >= 0.6 is 0 Å². The predicted molar refractivity (Wildman–Crippen MR) is 153 cm³/mol. The second kappa shape index (κ2) is 27.4. The number of rotatable bonds is 28. The Bertz CT molecular complexity index is 552. The van der Waals surface area contributed by atoms with Crippen molar-refractivity contribution in [1.29, 1.82) is 0 Å². The van der Waals surface area contributed by atoms with E-state index in [9.17, 15) is 19.5 Å². The highest BCUT2D eigenvalue weighted by molar-refractivity contribution is 5.84. The number of carboxylic acid groups (broad SMARTS) is 1. The summed E-state index contributed by atoms with van der Waals surface area (Å²) >= 11 is 0. The van der Waals surface area contributed by atoms with Gasteiger partial charge in [-0.25, -0.2) is 4.79 Å². The molecular formula is C31H59NO5. The minimum absolute atomic E-state index is 0.00739. The van der Waals surface area contributed by atoms with Crippen molar-refractivity contribution in [3.63, 3.8) is 0 Å². The van der Waals surface area contributed by atoms with Crippen molar-refractivity contribution in [1.82, 2.24) is 5.32 Å². The molecule has 218 valence electrons. The third-order valence-corrected chi connectivity index (χ3v) is 7.04. The second-order valence-electron chi connectivity index (χ2n) is 10.7. The Labute approximate surface area is 228 Å². The van der Waals surface area contributed by atoms with Gasteiger partial charge in [0, 0.05) is 12.8 Å². The minimum atomic E-state index is -1.10. The van der Waals surface area contributed by atoms with Gasteiger partial charge in [-0.05, 0) is 19.3 Å². The summed E-state index contributed by atoms with van der Waals surface area (Å²) in [5.74, 6) is -1.74. The number of unbranched alkanes of at least 4 members (excludes halogenated alkanes) is 19. The number of ether oxygens (including phenoxy) is 1. The van der Waals surface area contributed by atoms with Crippen molar-refractivity contribution in [3.8, 4) is 0 Å². The highest BCUT2D eigenvalue weighted by Crippen LogP contribution is 2.13. The second-order valence-corrected chi connectivity index (χ2v) is 10.7. The highest BCUT2D eigenvalue weighted by Gasteiger charge is 2.21. The van der Waals surface area contributed by atoms with Gasteiger partial charge in [0.2, 0.25) is 5.91 Å². The zero-order chi connectivity index (χ0) is 27.4. The van der Waals surface area contributed by atoms with E-state index in [0.717, 1.165) is 38.5 Å². The smallest absolute Gasteiger partial charge is 0.326 e. The molecule has 2 N–H and O–H groups in total. The van der Waals surface area contributed by atoms with E-state index in [1.54, 1.807) is 0 Å². The minimum Gasteiger partial charge on any atom is -0.480 e. The molecule has 0 aromatic rings. The van der Waals surface area contributed by atoms with E-state index in [4.69, 9.17) is 4.74 Å². The average molecular weight is 526 g/mol. The van der Waals surface area contributed by atoms with E-state index >= 15 is 0 Å². The SMILES string of the molecule is CCCCCCCCCCCCCC(=O)N[C@@H](CCC(=O)OCCCCCCCCCCCC)C(=O)O. The zero-order valence-corrected chi connectivity index (χ0v) is 24.3. The summed E-state index contributed by atoms with van der Waals surface area (Å²) < 4.78 is 5.25. The third-order valence-electron chi connectivity index (χ3n) is 7.04. The van der Waals surface area contributed by atoms with Crippen LogP contribution in [-0.4, -0.2) is 35.6 Å². The largest absolute Gasteiger partial charge is 0.480 e. The summed E-state index contributed by atoms with van der Waals surface area (Å²) in [7, 11) is 0. The van der Waals surface area contributed by atoms with Gasteiger partial charge in [0.25, 0.3) is 0 Å². The number of amides is 1. The van der Waals surface area contributed by atoms with E-state index in [0.29, 0.717) is 13.0 Å².